The largest absolute Gasteiger partial charge is 0.387 e. The Kier molecular flexibility index (Phi) is 2.16. The molecule has 1 unspecified atom stereocenters. The Hall–Kier alpha value is -0.0800. The second-order valence-corrected chi connectivity index (χ2v) is 8.36. The lowest BCUT2D eigenvalue weighted by Gasteiger charge is -2.64. The first-order chi connectivity index (χ1) is 8.44. The van der Waals surface area contributed by atoms with Crippen LogP contribution in [-0.4, -0.2) is 22.8 Å². The second-order valence-electron chi connectivity index (χ2n) is 8.36. The summed E-state index contributed by atoms with van der Waals surface area (Å²) < 4.78 is 0. The van der Waals surface area contributed by atoms with Crippen LogP contribution in [0.25, 0.3) is 0 Å². The highest BCUT2D eigenvalue weighted by Gasteiger charge is 2.65. The highest BCUT2D eigenvalue weighted by molar-refractivity contribution is 5.19. The number of nitrogens with one attached hydrogen (secondary N) is 1. The van der Waals surface area contributed by atoms with Crippen LogP contribution in [0.3, 0.4) is 0 Å². The first-order valence-electron chi connectivity index (χ1n) is 7.92. The third kappa shape index (κ3) is 1.27. The number of aliphatic hydroxyl groups is 1. The van der Waals surface area contributed by atoms with E-state index in [9.17, 15) is 5.11 Å². The zero-order valence-electron chi connectivity index (χ0n) is 11.8. The molecule has 1 aliphatic heterocycles. The summed E-state index contributed by atoms with van der Waals surface area (Å²) in [5.74, 6) is 2.78. The Labute approximate surface area is 111 Å². The van der Waals surface area contributed by atoms with Crippen molar-refractivity contribution < 1.29 is 5.11 Å². The van der Waals surface area contributed by atoms with Gasteiger partial charge in [0, 0.05) is 11.0 Å². The minimum atomic E-state index is -0.462. The van der Waals surface area contributed by atoms with Crippen molar-refractivity contribution in [3.05, 3.63) is 0 Å². The van der Waals surface area contributed by atoms with Crippen molar-refractivity contribution in [2.45, 2.75) is 69.9 Å². The zero-order valence-corrected chi connectivity index (χ0v) is 11.8. The third-order valence-electron chi connectivity index (χ3n) is 7.00. The lowest BCUT2D eigenvalue weighted by Crippen LogP contribution is -2.66. The molecule has 5 rings (SSSR count). The van der Waals surface area contributed by atoms with Gasteiger partial charge in [0.15, 0.2) is 0 Å². The normalized spacial score (nSPS) is 57.2. The van der Waals surface area contributed by atoms with Gasteiger partial charge in [0.1, 0.15) is 0 Å². The Morgan fingerprint density at radius 1 is 0.944 bits per heavy atom. The van der Waals surface area contributed by atoms with Gasteiger partial charge in [-0.1, -0.05) is 0 Å². The van der Waals surface area contributed by atoms with Crippen LogP contribution < -0.4 is 5.32 Å². The molecular weight excluding hydrogens is 222 g/mol. The molecule has 5 fully saturated rings. The minimum absolute atomic E-state index is 0.0985. The van der Waals surface area contributed by atoms with Crippen molar-refractivity contribution in [2.24, 2.45) is 23.2 Å². The lowest BCUT2D eigenvalue weighted by molar-refractivity contribution is -0.197. The van der Waals surface area contributed by atoms with Crippen molar-refractivity contribution in [3.63, 3.8) is 0 Å². The summed E-state index contributed by atoms with van der Waals surface area (Å²) in [6, 6.07) is 0. The van der Waals surface area contributed by atoms with Gasteiger partial charge in [0.25, 0.3) is 0 Å². The third-order valence-corrected chi connectivity index (χ3v) is 7.00. The Balaban J connectivity index is 1.75. The maximum atomic E-state index is 11.5. The van der Waals surface area contributed by atoms with E-state index in [1.165, 1.54) is 38.5 Å². The van der Waals surface area contributed by atoms with E-state index in [1.807, 2.05) is 0 Å². The molecule has 4 aliphatic carbocycles. The smallest absolute Gasteiger partial charge is 0.0891 e. The SMILES string of the molecule is CC1(C)NCCC1(O)C12CC3CC(CC(C3)C1)C2. The Morgan fingerprint density at radius 3 is 1.83 bits per heavy atom. The molecule has 2 heteroatoms. The first-order valence-corrected chi connectivity index (χ1v) is 7.92. The van der Waals surface area contributed by atoms with Crippen LogP contribution in [0, 0.1) is 23.2 Å². The molecule has 5 aliphatic rings. The van der Waals surface area contributed by atoms with Gasteiger partial charge in [-0.3, -0.25) is 0 Å². The molecule has 1 saturated heterocycles. The number of hydrogen-bond acceptors (Lipinski definition) is 2. The van der Waals surface area contributed by atoms with E-state index in [1.54, 1.807) is 0 Å². The topological polar surface area (TPSA) is 32.3 Å². The van der Waals surface area contributed by atoms with Crippen LogP contribution in [0.4, 0.5) is 0 Å². The van der Waals surface area contributed by atoms with Crippen molar-refractivity contribution in [1.29, 1.82) is 0 Å². The summed E-state index contributed by atoms with van der Waals surface area (Å²) in [6.45, 7) is 5.43. The minimum Gasteiger partial charge on any atom is -0.387 e. The van der Waals surface area contributed by atoms with E-state index in [0.29, 0.717) is 0 Å². The molecular formula is C16H27NO. The quantitative estimate of drug-likeness (QED) is 0.749. The zero-order chi connectivity index (χ0) is 12.6. The summed E-state index contributed by atoms with van der Waals surface area (Å²) in [7, 11) is 0. The van der Waals surface area contributed by atoms with Gasteiger partial charge >= 0.3 is 0 Å². The van der Waals surface area contributed by atoms with Crippen molar-refractivity contribution in [1.82, 2.24) is 5.32 Å². The second kappa shape index (κ2) is 3.32. The first kappa shape index (κ1) is 11.7. The fourth-order valence-electron chi connectivity index (χ4n) is 6.56. The molecule has 0 aromatic carbocycles. The van der Waals surface area contributed by atoms with Gasteiger partial charge in [0.05, 0.1) is 5.60 Å². The summed E-state index contributed by atoms with van der Waals surface area (Å²) in [5, 5.41) is 15.1. The fraction of sp³-hybridized carbons (Fsp3) is 1.00. The average Bonchev–Trinajstić information content (AvgIpc) is 2.53. The summed E-state index contributed by atoms with van der Waals surface area (Å²) in [4.78, 5) is 0. The standard InChI is InChI=1S/C16H27NO/c1-14(2)16(18,3-4-17-14)15-8-11-5-12(9-15)7-13(6-11)10-15/h11-13,17-18H,3-10H2,1-2H3. The molecule has 0 spiro atoms. The van der Waals surface area contributed by atoms with Crippen LogP contribution >= 0.6 is 0 Å². The van der Waals surface area contributed by atoms with Crippen LogP contribution in [0.2, 0.25) is 0 Å². The van der Waals surface area contributed by atoms with Crippen LogP contribution in [0.15, 0.2) is 0 Å². The summed E-state index contributed by atoms with van der Waals surface area (Å²) in [5.41, 5.74) is -0.316. The maximum Gasteiger partial charge on any atom is 0.0891 e. The molecule has 0 radical (unpaired) electrons. The van der Waals surface area contributed by atoms with E-state index in [-0.39, 0.29) is 11.0 Å². The van der Waals surface area contributed by atoms with Crippen molar-refractivity contribution in [3.8, 4) is 0 Å². The van der Waals surface area contributed by atoms with Crippen molar-refractivity contribution in [2.75, 3.05) is 6.54 Å². The van der Waals surface area contributed by atoms with Gasteiger partial charge in [-0.15, -0.1) is 0 Å². The monoisotopic (exact) mass is 249 g/mol. The molecule has 102 valence electrons. The molecule has 18 heavy (non-hydrogen) atoms. The highest BCUT2D eigenvalue weighted by atomic mass is 16.3. The summed E-state index contributed by atoms with van der Waals surface area (Å²) in [6.07, 6.45) is 9.27. The van der Waals surface area contributed by atoms with Gasteiger partial charge in [0.2, 0.25) is 0 Å². The van der Waals surface area contributed by atoms with Crippen LogP contribution in [0.5, 0.6) is 0 Å². The average molecular weight is 249 g/mol. The van der Waals surface area contributed by atoms with E-state index < -0.39 is 5.60 Å². The van der Waals surface area contributed by atoms with Crippen molar-refractivity contribution >= 4 is 0 Å². The molecule has 4 saturated carbocycles. The highest BCUT2D eigenvalue weighted by Crippen LogP contribution is 2.66. The lowest BCUT2D eigenvalue weighted by atomic mass is 9.43. The molecule has 0 aromatic rings. The predicted octanol–water partition coefficient (Wildman–Crippen LogP) is 2.71. The molecule has 4 bridgehead atoms. The van der Waals surface area contributed by atoms with E-state index in [0.717, 1.165) is 30.7 Å². The molecule has 1 heterocycles. The number of rotatable bonds is 1. The molecule has 1 atom stereocenters. The molecule has 0 amide bonds. The molecule has 0 aromatic heterocycles. The van der Waals surface area contributed by atoms with E-state index in [4.69, 9.17) is 0 Å². The molecule has 2 N–H and O–H groups in total. The fourth-order valence-corrected chi connectivity index (χ4v) is 6.56. The number of hydrogen-bond donors (Lipinski definition) is 2. The maximum absolute atomic E-state index is 11.5. The van der Waals surface area contributed by atoms with Crippen LogP contribution in [0.1, 0.15) is 58.8 Å². The van der Waals surface area contributed by atoms with Gasteiger partial charge in [-0.25, -0.2) is 0 Å². The van der Waals surface area contributed by atoms with Gasteiger partial charge < -0.3 is 10.4 Å². The Morgan fingerprint density at radius 2 is 1.44 bits per heavy atom. The predicted molar refractivity (Wildman–Crippen MR) is 72.3 cm³/mol. The van der Waals surface area contributed by atoms with Gasteiger partial charge in [-0.2, -0.15) is 0 Å². The molecule has 2 nitrogen and oxygen atoms in total. The summed E-state index contributed by atoms with van der Waals surface area (Å²) >= 11 is 0. The van der Waals surface area contributed by atoms with Crippen LogP contribution in [-0.2, 0) is 0 Å². The van der Waals surface area contributed by atoms with E-state index >= 15 is 0 Å². The Bertz CT molecular complexity index is 340. The van der Waals surface area contributed by atoms with E-state index in [2.05, 4.69) is 19.2 Å². The van der Waals surface area contributed by atoms with Gasteiger partial charge in [-0.05, 0) is 83.1 Å².